The molecule has 1 aromatic carbocycles. The van der Waals surface area contributed by atoms with Crippen molar-refractivity contribution < 1.29 is 0 Å². The number of aromatic amines is 1. The van der Waals surface area contributed by atoms with Gasteiger partial charge in [0.15, 0.2) is 0 Å². The quantitative estimate of drug-likeness (QED) is 0.750. The Morgan fingerprint density at radius 3 is 2.76 bits per heavy atom. The standard InChI is InChI=1S/C12H9N3OS/c16-12-14-11(8-17-12)9-6-13-15(7-9)10-4-2-1-3-5-10/h1-8H,(H,14,16). The van der Waals surface area contributed by atoms with E-state index in [1.807, 2.05) is 36.5 Å². The number of hydrogen-bond acceptors (Lipinski definition) is 3. The average molecular weight is 243 g/mol. The first-order chi connectivity index (χ1) is 8.33. The van der Waals surface area contributed by atoms with Crippen LogP contribution < -0.4 is 4.87 Å². The number of H-pyrrole nitrogens is 1. The van der Waals surface area contributed by atoms with Crippen LogP contribution in [0.1, 0.15) is 0 Å². The maximum absolute atomic E-state index is 11.1. The molecule has 0 saturated heterocycles. The Hall–Kier alpha value is -2.14. The van der Waals surface area contributed by atoms with Gasteiger partial charge in [-0.1, -0.05) is 29.5 Å². The van der Waals surface area contributed by atoms with Crippen molar-refractivity contribution in [3.05, 3.63) is 57.8 Å². The van der Waals surface area contributed by atoms with Crippen LogP contribution >= 0.6 is 11.3 Å². The molecule has 0 unspecified atom stereocenters. The van der Waals surface area contributed by atoms with Gasteiger partial charge in [0.25, 0.3) is 0 Å². The van der Waals surface area contributed by atoms with E-state index in [2.05, 4.69) is 10.1 Å². The molecule has 0 aliphatic rings. The van der Waals surface area contributed by atoms with Crippen molar-refractivity contribution in [1.29, 1.82) is 0 Å². The molecule has 3 aromatic rings. The number of para-hydroxylation sites is 1. The van der Waals surface area contributed by atoms with Gasteiger partial charge in [0.05, 0.1) is 17.6 Å². The lowest BCUT2D eigenvalue weighted by atomic mass is 10.3. The van der Waals surface area contributed by atoms with Gasteiger partial charge in [-0.05, 0) is 12.1 Å². The highest BCUT2D eigenvalue weighted by Crippen LogP contribution is 2.17. The summed E-state index contributed by atoms with van der Waals surface area (Å²) < 4.78 is 1.78. The van der Waals surface area contributed by atoms with E-state index in [1.165, 1.54) is 0 Å². The highest BCUT2D eigenvalue weighted by Gasteiger charge is 2.04. The lowest BCUT2D eigenvalue weighted by molar-refractivity contribution is 0.881. The van der Waals surface area contributed by atoms with E-state index in [1.54, 1.807) is 16.3 Å². The van der Waals surface area contributed by atoms with Gasteiger partial charge in [-0.2, -0.15) is 5.10 Å². The molecule has 2 heterocycles. The molecule has 5 heteroatoms. The molecule has 0 aliphatic carbocycles. The summed E-state index contributed by atoms with van der Waals surface area (Å²) in [5.74, 6) is 0. The number of rotatable bonds is 2. The topological polar surface area (TPSA) is 50.7 Å². The highest BCUT2D eigenvalue weighted by atomic mass is 32.1. The third kappa shape index (κ3) is 1.92. The van der Waals surface area contributed by atoms with Crippen molar-refractivity contribution in [3.8, 4) is 16.9 Å². The molecule has 0 radical (unpaired) electrons. The van der Waals surface area contributed by atoms with Crippen molar-refractivity contribution in [3.63, 3.8) is 0 Å². The summed E-state index contributed by atoms with van der Waals surface area (Å²) >= 11 is 1.16. The summed E-state index contributed by atoms with van der Waals surface area (Å²) in [6.07, 6.45) is 3.64. The molecule has 0 amide bonds. The third-order valence-corrected chi connectivity index (χ3v) is 3.10. The van der Waals surface area contributed by atoms with Crippen molar-refractivity contribution in [2.24, 2.45) is 0 Å². The molecule has 0 atom stereocenters. The van der Waals surface area contributed by atoms with E-state index >= 15 is 0 Å². The number of nitrogens with zero attached hydrogens (tertiary/aromatic N) is 2. The van der Waals surface area contributed by atoms with Crippen LogP contribution in [0.25, 0.3) is 16.9 Å². The molecular weight excluding hydrogens is 234 g/mol. The van der Waals surface area contributed by atoms with Crippen LogP contribution in [0.2, 0.25) is 0 Å². The maximum Gasteiger partial charge on any atom is 0.304 e. The SMILES string of the molecule is O=c1[nH]c(-c2cnn(-c3ccccc3)c2)cs1. The first-order valence-electron chi connectivity index (χ1n) is 5.11. The summed E-state index contributed by atoms with van der Waals surface area (Å²) in [5, 5.41) is 6.07. The van der Waals surface area contributed by atoms with Crippen molar-refractivity contribution in [1.82, 2.24) is 14.8 Å². The number of nitrogens with one attached hydrogen (secondary N) is 1. The lowest BCUT2D eigenvalue weighted by Gasteiger charge is -1.98. The predicted octanol–water partition coefficient (Wildman–Crippen LogP) is 2.29. The van der Waals surface area contributed by atoms with Gasteiger partial charge in [0.1, 0.15) is 0 Å². The summed E-state index contributed by atoms with van der Waals surface area (Å²) in [7, 11) is 0. The van der Waals surface area contributed by atoms with E-state index in [-0.39, 0.29) is 4.87 Å². The van der Waals surface area contributed by atoms with E-state index in [0.29, 0.717) is 0 Å². The number of thiazole rings is 1. The second-order valence-electron chi connectivity index (χ2n) is 3.57. The second kappa shape index (κ2) is 4.03. The minimum Gasteiger partial charge on any atom is -0.312 e. The minimum atomic E-state index is -0.0486. The Labute approximate surface area is 101 Å². The predicted molar refractivity (Wildman–Crippen MR) is 67.5 cm³/mol. The fraction of sp³-hybridized carbons (Fsp3) is 0. The van der Waals surface area contributed by atoms with Crippen LogP contribution in [-0.2, 0) is 0 Å². The summed E-state index contributed by atoms with van der Waals surface area (Å²) in [6.45, 7) is 0. The van der Waals surface area contributed by atoms with Gasteiger partial charge >= 0.3 is 4.87 Å². The van der Waals surface area contributed by atoms with Crippen molar-refractivity contribution in [2.45, 2.75) is 0 Å². The number of hydrogen-bond donors (Lipinski definition) is 1. The van der Waals surface area contributed by atoms with E-state index < -0.39 is 0 Å². The van der Waals surface area contributed by atoms with Crippen LogP contribution in [0.3, 0.4) is 0 Å². The van der Waals surface area contributed by atoms with Crippen molar-refractivity contribution >= 4 is 11.3 Å². The Bertz CT molecular complexity index is 681. The van der Waals surface area contributed by atoms with Crippen molar-refractivity contribution in [2.75, 3.05) is 0 Å². The molecule has 84 valence electrons. The average Bonchev–Trinajstić information content (AvgIpc) is 2.98. The molecule has 0 aliphatic heterocycles. The summed E-state index contributed by atoms with van der Waals surface area (Å²) in [4.78, 5) is 13.8. The first kappa shape index (κ1) is 10.0. The minimum absolute atomic E-state index is 0.0486. The maximum atomic E-state index is 11.1. The Morgan fingerprint density at radius 1 is 1.24 bits per heavy atom. The fourth-order valence-corrected chi connectivity index (χ4v) is 2.19. The molecule has 17 heavy (non-hydrogen) atoms. The number of benzene rings is 1. The van der Waals surface area contributed by atoms with Crippen LogP contribution in [0.4, 0.5) is 0 Å². The van der Waals surface area contributed by atoms with Gasteiger partial charge in [0, 0.05) is 17.1 Å². The lowest BCUT2D eigenvalue weighted by Crippen LogP contribution is -1.93. The summed E-state index contributed by atoms with van der Waals surface area (Å²) in [5.41, 5.74) is 2.71. The monoisotopic (exact) mass is 243 g/mol. The Balaban J connectivity index is 2.01. The van der Waals surface area contributed by atoms with Crippen LogP contribution in [-0.4, -0.2) is 14.8 Å². The van der Waals surface area contributed by atoms with E-state index in [4.69, 9.17) is 0 Å². The third-order valence-electron chi connectivity index (χ3n) is 2.43. The normalized spacial score (nSPS) is 10.6. The van der Waals surface area contributed by atoms with Gasteiger partial charge in [-0.3, -0.25) is 4.79 Å². The Kier molecular flexibility index (Phi) is 2.38. The molecule has 0 saturated carbocycles. The van der Waals surface area contributed by atoms with E-state index in [9.17, 15) is 4.79 Å². The second-order valence-corrected chi connectivity index (χ2v) is 4.41. The zero-order chi connectivity index (χ0) is 11.7. The van der Waals surface area contributed by atoms with Crippen LogP contribution in [0, 0.1) is 0 Å². The van der Waals surface area contributed by atoms with Gasteiger partial charge in [-0.25, -0.2) is 4.68 Å². The first-order valence-corrected chi connectivity index (χ1v) is 5.99. The van der Waals surface area contributed by atoms with Gasteiger partial charge < -0.3 is 4.98 Å². The fourth-order valence-electron chi connectivity index (χ4n) is 1.61. The van der Waals surface area contributed by atoms with Gasteiger partial charge in [0.2, 0.25) is 0 Å². The zero-order valence-electron chi connectivity index (χ0n) is 8.83. The molecule has 4 nitrogen and oxygen atoms in total. The van der Waals surface area contributed by atoms with Crippen LogP contribution in [0.5, 0.6) is 0 Å². The molecule has 3 rings (SSSR count). The zero-order valence-corrected chi connectivity index (χ0v) is 9.65. The summed E-state index contributed by atoms with van der Waals surface area (Å²) in [6, 6.07) is 9.84. The number of aromatic nitrogens is 3. The molecule has 2 aromatic heterocycles. The largest absolute Gasteiger partial charge is 0.312 e. The smallest absolute Gasteiger partial charge is 0.304 e. The molecular formula is C12H9N3OS. The van der Waals surface area contributed by atoms with E-state index in [0.717, 1.165) is 28.3 Å². The Morgan fingerprint density at radius 2 is 2.06 bits per heavy atom. The van der Waals surface area contributed by atoms with Crippen LogP contribution in [0.15, 0.2) is 52.9 Å². The highest BCUT2D eigenvalue weighted by molar-refractivity contribution is 7.07. The molecule has 1 N–H and O–H groups in total. The molecule has 0 spiro atoms. The van der Waals surface area contributed by atoms with Gasteiger partial charge in [-0.15, -0.1) is 0 Å². The molecule has 0 fully saturated rings. The molecule has 0 bridgehead atoms.